The molecule has 2 saturated heterocycles. The third kappa shape index (κ3) is 1.83. The van der Waals surface area contributed by atoms with Gasteiger partial charge in [0.1, 0.15) is 0 Å². The van der Waals surface area contributed by atoms with Crippen molar-refractivity contribution in [2.75, 3.05) is 36.9 Å². The average Bonchev–Trinajstić information content (AvgIpc) is 3.07. The maximum absolute atomic E-state index is 6.20. The number of rotatable bonds is 1. The first-order chi connectivity index (χ1) is 9.76. The van der Waals surface area contributed by atoms with Gasteiger partial charge in [-0.25, -0.2) is 0 Å². The van der Waals surface area contributed by atoms with Crippen LogP contribution in [0.4, 0.5) is 11.4 Å². The molecule has 6 nitrogen and oxygen atoms in total. The van der Waals surface area contributed by atoms with E-state index >= 15 is 0 Å². The zero-order chi connectivity index (χ0) is 13.6. The molecule has 2 aromatic rings. The van der Waals surface area contributed by atoms with E-state index in [0.717, 1.165) is 48.2 Å². The second-order valence-electron chi connectivity index (χ2n) is 5.50. The highest BCUT2D eigenvalue weighted by Gasteiger charge is 2.41. The quantitative estimate of drug-likeness (QED) is 0.770. The molecule has 4 rings (SSSR count). The first-order valence-electron chi connectivity index (χ1n) is 7.01. The Labute approximate surface area is 116 Å². The summed E-state index contributed by atoms with van der Waals surface area (Å²) in [5, 5.41) is 8.08. The van der Waals surface area contributed by atoms with Crippen LogP contribution >= 0.6 is 0 Å². The Balaban J connectivity index is 1.69. The Morgan fingerprint density at radius 3 is 3.00 bits per heavy atom. The fourth-order valence-corrected chi connectivity index (χ4v) is 3.20. The minimum atomic E-state index is -0.437. The Kier molecular flexibility index (Phi) is 2.61. The predicted octanol–water partition coefficient (Wildman–Crippen LogP) is 1.49. The number of benzene rings is 1. The van der Waals surface area contributed by atoms with Gasteiger partial charge >= 0.3 is 0 Å². The number of H-pyrrole nitrogens is 1. The van der Waals surface area contributed by atoms with E-state index in [2.05, 4.69) is 21.2 Å². The molecule has 1 spiro atoms. The number of piperidine rings is 1. The van der Waals surface area contributed by atoms with Crippen LogP contribution in [0.5, 0.6) is 0 Å². The number of nitrogen functional groups attached to an aromatic ring is 1. The number of nitrogens with zero attached hydrogens (tertiary/aromatic N) is 2. The Morgan fingerprint density at radius 2 is 2.15 bits per heavy atom. The SMILES string of the molecule is Nc1cc2cn[nH]c2cc1N1CCCC2(C1)OCCO2. The number of aromatic nitrogens is 2. The number of nitrogens with one attached hydrogen (secondary N) is 1. The number of fused-ring (bicyclic) bond motifs is 1. The van der Waals surface area contributed by atoms with Crippen molar-refractivity contribution >= 4 is 22.3 Å². The summed E-state index contributed by atoms with van der Waals surface area (Å²) in [6, 6.07) is 4.03. The summed E-state index contributed by atoms with van der Waals surface area (Å²) >= 11 is 0. The van der Waals surface area contributed by atoms with Gasteiger partial charge in [0.05, 0.1) is 42.8 Å². The summed E-state index contributed by atoms with van der Waals surface area (Å²) in [5.74, 6) is -0.437. The van der Waals surface area contributed by atoms with Gasteiger partial charge in [0.25, 0.3) is 0 Å². The summed E-state index contributed by atoms with van der Waals surface area (Å²) in [5.41, 5.74) is 9.00. The van der Waals surface area contributed by atoms with E-state index in [9.17, 15) is 0 Å². The topological polar surface area (TPSA) is 76.4 Å². The Hall–Kier alpha value is -1.79. The maximum atomic E-state index is 6.20. The zero-order valence-corrected chi connectivity index (χ0v) is 11.3. The minimum absolute atomic E-state index is 0.437. The molecule has 2 aliphatic rings. The first kappa shape index (κ1) is 12.0. The van der Waals surface area contributed by atoms with Gasteiger partial charge in [0.2, 0.25) is 0 Å². The van der Waals surface area contributed by atoms with E-state index < -0.39 is 5.79 Å². The summed E-state index contributed by atoms with van der Waals surface area (Å²) in [6.45, 7) is 3.07. The molecular weight excluding hydrogens is 256 g/mol. The van der Waals surface area contributed by atoms with Crippen LogP contribution in [0.15, 0.2) is 18.3 Å². The number of nitrogens with two attached hydrogens (primary N) is 1. The van der Waals surface area contributed by atoms with Crippen LogP contribution in [-0.2, 0) is 9.47 Å². The van der Waals surface area contributed by atoms with Gasteiger partial charge in [0, 0.05) is 18.4 Å². The lowest BCUT2D eigenvalue weighted by molar-refractivity contribution is -0.161. The third-order valence-electron chi connectivity index (χ3n) is 4.16. The van der Waals surface area contributed by atoms with Gasteiger partial charge in [-0.3, -0.25) is 5.10 Å². The van der Waals surface area contributed by atoms with E-state index in [1.165, 1.54) is 0 Å². The van der Waals surface area contributed by atoms with Crippen molar-refractivity contribution in [1.29, 1.82) is 0 Å². The molecule has 0 saturated carbocycles. The molecule has 2 fully saturated rings. The molecule has 1 aromatic carbocycles. The van der Waals surface area contributed by atoms with Crippen LogP contribution in [0.2, 0.25) is 0 Å². The van der Waals surface area contributed by atoms with Crippen molar-refractivity contribution in [3.05, 3.63) is 18.3 Å². The lowest BCUT2D eigenvalue weighted by Gasteiger charge is -2.40. The first-order valence-corrected chi connectivity index (χ1v) is 7.01. The van der Waals surface area contributed by atoms with Gasteiger partial charge in [0.15, 0.2) is 5.79 Å². The molecule has 0 aliphatic carbocycles. The number of hydrogen-bond acceptors (Lipinski definition) is 5. The molecule has 0 radical (unpaired) electrons. The number of anilines is 2. The van der Waals surface area contributed by atoms with Gasteiger partial charge in [-0.15, -0.1) is 0 Å². The molecule has 0 unspecified atom stereocenters. The van der Waals surface area contributed by atoms with Crippen molar-refractivity contribution in [1.82, 2.24) is 10.2 Å². The smallest absolute Gasteiger partial charge is 0.186 e. The number of aromatic amines is 1. The number of ether oxygens (including phenoxy) is 2. The molecule has 0 bridgehead atoms. The normalized spacial score (nSPS) is 21.9. The van der Waals surface area contributed by atoms with Crippen LogP contribution in [0, 0.1) is 0 Å². The molecule has 106 valence electrons. The van der Waals surface area contributed by atoms with E-state index in [-0.39, 0.29) is 0 Å². The van der Waals surface area contributed by atoms with Crippen LogP contribution in [0.1, 0.15) is 12.8 Å². The van der Waals surface area contributed by atoms with Crippen LogP contribution in [0.3, 0.4) is 0 Å². The molecule has 2 aliphatic heterocycles. The van der Waals surface area contributed by atoms with Gasteiger partial charge in [-0.05, 0) is 18.6 Å². The molecule has 20 heavy (non-hydrogen) atoms. The van der Waals surface area contributed by atoms with Crippen LogP contribution in [-0.4, -0.2) is 42.3 Å². The van der Waals surface area contributed by atoms with Crippen molar-refractivity contribution in [3.63, 3.8) is 0 Å². The van der Waals surface area contributed by atoms with Crippen LogP contribution < -0.4 is 10.6 Å². The van der Waals surface area contributed by atoms with Crippen molar-refractivity contribution < 1.29 is 9.47 Å². The monoisotopic (exact) mass is 274 g/mol. The largest absolute Gasteiger partial charge is 0.397 e. The van der Waals surface area contributed by atoms with Gasteiger partial charge in [-0.2, -0.15) is 5.10 Å². The van der Waals surface area contributed by atoms with E-state index in [1.807, 2.05) is 6.07 Å². The second kappa shape index (κ2) is 4.36. The fourth-order valence-electron chi connectivity index (χ4n) is 3.20. The molecule has 0 amide bonds. The van der Waals surface area contributed by atoms with Crippen molar-refractivity contribution in [3.8, 4) is 0 Å². The Bertz CT molecular complexity index is 633. The molecule has 0 atom stereocenters. The van der Waals surface area contributed by atoms with Crippen LogP contribution in [0.25, 0.3) is 10.9 Å². The average molecular weight is 274 g/mol. The molecule has 1 aromatic heterocycles. The van der Waals surface area contributed by atoms with E-state index in [0.29, 0.717) is 13.2 Å². The van der Waals surface area contributed by atoms with Gasteiger partial charge in [-0.1, -0.05) is 0 Å². The summed E-state index contributed by atoms with van der Waals surface area (Å²) < 4.78 is 11.6. The zero-order valence-electron chi connectivity index (χ0n) is 11.3. The molecule has 6 heteroatoms. The summed E-state index contributed by atoms with van der Waals surface area (Å²) in [6.07, 6.45) is 3.78. The standard InChI is InChI=1S/C14H18N4O2/c15-11-6-10-8-16-17-12(10)7-13(11)18-3-1-2-14(9-18)19-4-5-20-14/h6-8H,1-5,9,15H2,(H,16,17). The van der Waals surface area contributed by atoms with Gasteiger partial charge < -0.3 is 20.1 Å². The predicted molar refractivity (Wildman–Crippen MR) is 76.6 cm³/mol. The highest BCUT2D eigenvalue weighted by atomic mass is 16.7. The highest BCUT2D eigenvalue weighted by molar-refractivity contribution is 5.88. The lowest BCUT2D eigenvalue weighted by atomic mass is 10.0. The Morgan fingerprint density at radius 1 is 1.30 bits per heavy atom. The fraction of sp³-hybridized carbons (Fsp3) is 0.500. The van der Waals surface area contributed by atoms with Crippen molar-refractivity contribution in [2.24, 2.45) is 0 Å². The van der Waals surface area contributed by atoms with E-state index in [4.69, 9.17) is 15.2 Å². The molecule has 3 heterocycles. The maximum Gasteiger partial charge on any atom is 0.186 e. The third-order valence-corrected chi connectivity index (χ3v) is 4.16. The minimum Gasteiger partial charge on any atom is -0.397 e. The molecular formula is C14H18N4O2. The highest BCUT2D eigenvalue weighted by Crippen LogP contribution is 2.36. The van der Waals surface area contributed by atoms with E-state index in [1.54, 1.807) is 6.20 Å². The second-order valence-corrected chi connectivity index (χ2v) is 5.50. The molecule has 3 N–H and O–H groups in total. The summed E-state index contributed by atoms with van der Waals surface area (Å²) in [4.78, 5) is 2.25. The lowest BCUT2D eigenvalue weighted by Crippen LogP contribution is -2.49. The summed E-state index contributed by atoms with van der Waals surface area (Å²) in [7, 11) is 0. The number of hydrogen-bond donors (Lipinski definition) is 2. The van der Waals surface area contributed by atoms with Crippen molar-refractivity contribution in [2.45, 2.75) is 18.6 Å².